The van der Waals surface area contributed by atoms with Crippen LogP contribution in [0, 0.1) is 6.92 Å². The topological polar surface area (TPSA) is 84.9 Å². The number of ether oxygens (including phenoxy) is 2. The zero-order valence-electron chi connectivity index (χ0n) is 18.5. The van der Waals surface area contributed by atoms with Gasteiger partial charge in [0.05, 0.1) is 25.2 Å². The summed E-state index contributed by atoms with van der Waals surface area (Å²) in [6, 6.07) is 10.1. The monoisotopic (exact) mass is 446 g/mol. The van der Waals surface area contributed by atoms with Crippen molar-refractivity contribution in [3.8, 4) is 11.5 Å². The Kier molecular flexibility index (Phi) is 7.23. The van der Waals surface area contributed by atoms with Crippen LogP contribution in [-0.2, 0) is 10.0 Å². The zero-order valence-corrected chi connectivity index (χ0v) is 19.3. The Morgan fingerprint density at radius 2 is 1.74 bits per heavy atom. The summed E-state index contributed by atoms with van der Waals surface area (Å²) in [5.74, 6) is 0.879. The van der Waals surface area contributed by atoms with Gasteiger partial charge in [-0.05, 0) is 61.6 Å². The molecule has 1 fully saturated rings. The molecule has 0 spiro atoms. The molecule has 1 amide bonds. The maximum Gasteiger partial charge on any atom is 0.251 e. The van der Waals surface area contributed by atoms with Crippen molar-refractivity contribution < 1.29 is 22.7 Å². The van der Waals surface area contributed by atoms with Crippen LogP contribution in [0.5, 0.6) is 11.5 Å². The first-order chi connectivity index (χ1) is 14.8. The van der Waals surface area contributed by atoms with E-state index < -0.39 is 10.0 Å². The number of hydrogen-bond donors (Lipinski definition) is 1. The van der Waals surface area contributed by atoms with Crippen LogP contribution in [0.4, 0.5) is 0 Å². The molecule has 1 aliphatic rings. The molecular weight excluding hydrogens is 416 g/mol. The molecule has 2 aromatic carbocycles. The van der Waals surface area contributed by atoms with Gasteiger partial charge in [0.1, 0.15) is 0 Å². The number of hydrogen-bond acceptors (Lipinski definition) is 5. The van der Waals surface area contributed by atoms with Crippen molar-refractivity contribution in [1.82, 2.24) is 9.62 Å². The summed E-state index contributed by atoms with van der Waals surface area (Å²) < 4.78 is 38.2. The summed E-state index contributed by atoms with van der Waals surface area (Å²) in [6.07, 6.45) is 2.38. The number of amides is 1. The highest BCUT2D eigenvalue weighted by atomic mass is 32.2. The van der Waals surface area contributed by atoms with Crippen molar-refractivity contribution >= 4 is 15.9 Å². The second-order valence-electron chi connectivity index (χ2n) is 7.64. The number of nitrogens with one attached hydrogen (secondary N) is 1. The van der Waals surface area contributed by atoms with Crippen molar-refractivity contribution in [2.75, 3.05) is 27.3 Å². The molecule has 0 saturated carbocycles. The number of nitrogens with zero attached hydrogens (tertiary/aromatic N) is 1. The lowest BCUT2D eigenvalue weighted by Crippen LogP contribution is -2.30. The average molecular weight is 447 g/mol. The first kappa shape index (κ1) is 23.1. The van der Waals surface area contributed by atoms with Crippen molar-refractivity contribution in [3.05, 3.63) is 53.1 Å². The number of aryl methyl sites for hydroxylation is 1. The van der Waals surface area contributed by atoms with Crippen LogP contribution in [0.2, 0.25) is 0 Å². The first-order valence-corrected chi connectivity index (χ1v) is 11.9. The third-order valence-corrected chi connectivity index (χ3v) is 7.70. The Morgan fingerprint density at radius 3 is 2.35 bits per heavy atom. The van der Waals surface area contributed by atoms with Crippen LogP contribution in [0.1, 0.15) is 53.7 Å². The Hall–Kier alpha value is -2.58. The second kappa shape index (κ2) is 9.70. The molecule has 0 aromatic heterocycles. The normalized spacial score (nSPS) is 15.5. The Bertz CT molecular complexity index is 1050. The minimum Gasteiger partial charge on any atom is -0.493 e. The largest absolute Gasteiger partial charge is 0.493 e. The van der Waals surface area contributed by atoms with Gasteiger partial charge in [-0.25, -0.2) is 8.42 Å². The third kappa shape index (κ3) is 4.85. The van der Waals surface area contributed by atoms with E-state index in [2.05, 4.69) is 5.32 Å². The number of methoxy groups -OCH3 is 2. The van der Waals surface area contributed by atoms with Crippen LogP contribution >= 0.6 is 0 Å². The quantitative estimate of drug-likeness (QED) is 0.669. The van der Waals surface area contributed by atoms with E-state index in [0.29, 0.717) is 42.1 Å². The number of rotatable bonds is 8. The molecule has 0 radical (unpaired) electrons. The molecule has 3 rings (SSSR count). The van der Waals surface area contributed by atoms with Gasteiger partial charge in [-0.2, -0.15) is 4.31 Å². The van der Waals surface area contributed by atoms with Crippen molar-refractivity contribution in [2.45, 2.75) is 44.0 Å². The molecular formula is C23H30N2O5S. The Balaban J connectivity index is 1.86. The van der Waals surface area contributed by atoms with Gasteiger partial charge in [-0.1, -0.05) is 19.1 Å². The minimum atomic E-state index is -3.61. The van der Waals surface area contributed by atoms with Gasteiger partial charge < -0.3 is 14.8 Å². The lowest BCUT2D eigenvalue weighted by Gasteiger charge is -2.20. The fourth-order valence-corrected chi connectivity index (χ4v) is 5.59. The smallest absolute Gasteiger partial charge is 0.251 e. The van der Waals surface area contributed by atoms with E-state index in [1.165, 1.54) is 10.4 Å². The molecule has 0 bridgehead atoms. The van der Waals surface area contributed by atoms with Gasteiger partial charge in [0.2, 0.25) is 10.0 Å². The summed E-state index contributed by atoms with van der Waals surface area (Å²) in [6.45, 7) is 4.77. The van der Waals surface area contributed by atoms with Gasteiger partial charge in [-0.3, -0.25) is 4.79 Å². The molecule has 1 heterocycles. The van der Waals surface area contributed by atoms with Crippen LogP contribution in [0.15, 0.2) is 41.3 Å². The van der Waals surface area contributed by atoms with Gasteiger partial charge in [0.15, 0.2) is 11.5 Å². The molecule has 0 aliphatic carbocycles. The molecule has 31 heavy (non-hydrogen) atoms. The molecule has 168 valence electrons. The molecule has 1 aliphatic heterocycles. The second-order valence-corrected chi connectivity index (χ2v) is 9.55. The summed E-state index contributed by atoms with van der Waals surface area (Å²) >= 11 is 0. The van der Waals surface area contributed by atoms with E-state index >= 15 is 0 Å². The van der Waals surface area contributed by atoms with Crippen LogP contribution < -0.4 is 14.8 Å². The molecule has 8 heteroatoms. The molecule has 1 unspecified atom stereocenters. The van der Waals surface area contributed by atoms with Gasteiger partial charge in [0.25, 0.3) is 5.91 Å². The molecule has 2 aromatic rings. The van der Waals surface area contributed by atoms with Crippen LogP contribution in [0.25, 0.3) is 0 Å². The fourth-order valence-electron chi connectivity index (χ4n) is 3.82. The van der Waals surface area contributed by atoms with Gasteiger partial charge in [0, 0.05) is 18.7 Å². The van der Waals surface area contributed by atoms with Crippen LogP contribution in [-0.4, -0.2) is 45.9 Å². The average Bonchev–Trinajstić information content (AvgIpc) is 3.33. The summed E-state index contributed by atoms with van der Waals surface area (Å²) in [5, 5.41) is 3.01. The van der Waals surface area contributed by atoms with E-state index in [4.69, 9.17) is 9.47 Å². The summed E-state index contributed by atoms with van der Waals surface area (Å²) in [5.41, 5.74) is 1.84. The van der Waals surface area contributed by atoms with Crippen LogP contribution in [0.3, 0.4) is 0 Å². The number of sulfonamides is 1. The lowest BCUT2D eigenvalue weighted by atomic mass is 10.0. The number of benzene rings is 2. The maximum atomic E-state index is 13.0. The van der Waals surface area contributed by atoms with Crippen molar-refractivity contribution in [1.29, 1.82) is 0 Å². The van der Waals surface area contributed by atoms with Gasteiger partial charge >= 0.3 is 0 Å². The highest BCUT2D eigenvalue weighted by Crippen LogP contribution is 2.31. The predicted octanol–water partition coefficient (Wildman–Crippen LogP) is 3.68. The molecule has 1 atom stereocenters. The highest BCUT2D eigenvalue weighted by Gasteiger charge is 2.29. The van der Waals surface area contributed by atoms with Crippen molar-refractivity contribution in [2.24, 2.45) is 0 Å². The SMILES string of the molecule is CCC(NC(=O)c1ccc(C)c(S(=O)(=O)N2CCCC2)c1)c1ccc(OC)c(OC)c1. The third-order valence-electron chi connectivity index (χ3n) is 5.66. The number of carbonyl (C=O) groups excluding carboxylic acids is 1. The summed E-state index contributed by atoms with van der Waals surface area (Å²) in [4.78, 5) is 13.2. The zero-order chi connectivity index (χ0) is 22.6. The standard InChI is InChI=1S/C23H30N2O5S/c1-5-19(17-10-11-20(29-3)21(14-17)30-4)24-23(26)18-9-8-16(2)22(15-18)31(27,28)25-12-6-7-13-25/h8-11,14-15,19H,5-7,12-13H2,1-4H3,(H,24,26). The minimum absolute atomic E-state index is 0.196. The lowest BCUT2D eigenvalue weighted by molar-refractivity contribution is 0.0935. The van der Waals surface area contributed by atoms with Crippen molar-refractivity contribution in [3.63, 3.8) is 0 Å². The van der Waals surface area contributed by atoms with E-state index in [0.717, 1.165) is 18.4 Å². The van der Waals surface area contributed by atoms with E-state index in [1.54, 1.807) is 39.3 Å². The van der Waals surface area contributed by atoms with E-state index in [1.807, 2.05) is 19.1 Å². The Labute approximate surface area is 184 Å². The van der Waals surface area contributed by atoms with E-state index in [9.17, 15) is 13.2 Å². The van der Waals surface area contributed by atoms with Gasteiger partial charge in [-0.15, -0.1) is 0 Å². The maximum absolute atomic E-state index is 13.0. The Morgan fingerprint density at radius 1 is 1.06 bits per heavy atom. The molecule has 7 nitrogen and oxygen atoms in total. The molecule has 1 saturated heterocycles. The summed E-state index contributed by atoms with van der Waals surface area (Å²) in [7, 11) is -0.469. The fraction of sp³-hybridized carbons (Fsp3) is 0.435. The first-order valence-electron chi connectivity index (χ1n) is 10.5. The molecule has 1 N–H and O–H groups in total. The number of carbonyl (C=O) groups is 1. The highest BCUT2D eigenvalue weighted by molar-refractivity contribution is 7.89. The van der Waals surface area contributed by atoms with E-state index in [-0.39, 0.29) is 16.8 Å². The predicted molar refractivity (Wildman–Crippen MR) is 119 cm³/mol.